The predicted octanol–water partition coefficient (Wildman–Crippen LogP) is 3.39. The predicted molar refractivity (Wildman–Crippen MR) is 83.7 cm³/mol. The third kappa shape index (κ3) is 10.3. The van der Waals surface area contributed by atoms with Crippen molar-refractivity contribution in [3.8, 4) is 0 Å². The molecule has 0 aliphatic rings. The third-order valence-corrected chi connectivity index (χ3v) is 2.95. The third-order valence-electron chi connectivity index (χ3n) is 2.95. The second kappa shape index (κ2) is 9.84. The molecular formula is C16H24F5NO4. The summed E-state index contributed by atoms with van der Waals surface area (Å²) in [5.41, 5.74) is -0.427. The molecule has 0 aromatic heterocycles. The van der Waals surface area contributed by atoms with Gasteiger partial charge >= 0.3 is 24.0 Å². The first-order chi connectivity index (χ1) is 11.7. The van der Waals surface area contributed by atoms with Gasteiger partial charge in [-0.05, 0) is 27.2 Å². The first-order valence-electron chi connectivity index (χ1n) is 7.86. The zero-order valence-corrected chi connectivity index (χ0v) is 15.0. The van der Waals surface area contributed by atoms with Gasteiger partial charge in [0.05, 0.1) is 13.0 Å². The van der Waals surface area contributed by atoms with Crippen LogP contribution in [0.1, 0.15) is 40.0 Å². The summed E-state index contributed by atoms with van der Waals surface area (Å²) in [4.78, 5) is 23.0. The molecule has 0 amide bonds. The van der Waals surface area contributed by atoms with Gasteiger partial charge in [0.2, 0.25) is 0 Å². The Bertz CT molecular complexity index is 498. The molecule has 0 heterocycles. The van der Waals surface area contributed by atoms with Gasteiger partial charge in [0.25, 0.3) is 0 Å². The highest BCUT2D eigenvalue weighted by Crippen LogP contribution is 2.38. The van der Waals surface area contributed by atoms with Crippen LogP contribution in [0, 0.1) is 0 Å². The summed E-state index contributed by atoms with van der Waals surface area (Å²) in [7, 11) is 0. The maximum Gasteiger partial charge on any atom is 0.453 e. The number of rotatable bonds is 10. The monoisotopic (exact) mass is 389 g/mol. The zero-order valence-electron chi connectivity index (χ0n) is 15.0. The molecule has 26 heavy (non-hydrogen) atoms. The van der Waals surface area contributed by atoms with Crippen molar-refractivity contribution in [1.82, 2.24) is 5.32 Å². The standard InChI is InChI=1S/C16H24F5NO4/c1-11(10-12(23)25-9-7-22-14(2,3)4)13(24)26-8-5-6-15(17,18)16(19,20)21/h22H,1,5-10H2,2-4H3. The van der Waals surface area contributed by atoms with E-state index < -0.39 is 49.9 Å². The Morgan fingerprint density at radius 3 is 2.08 bits per heavy atom. The van der Waals surface area contributed by atoms with E-state index in [9.17, 15) is 31.5 Å². The van der Waals surface area contributed by atoms with Gasteiger partial charge in [-0.15, -0.1) is 0 Å². The maximum absolute atomic E-state index is 12.7. The quantitative estimate of drug-likeness (QED) is 0.269. The minimum Gasteiger partial charge on any atom is -0.464 e. The first kappa shape index (κ1) is 24.3. The fourth-order valence-corrected chi connectivity index (χ4v) is 1.59. The van der Waals surface area contributed by atoms with E-state index in [4.69, 9.17) is 4.74 Å². The molecule has 0 radical (unpaired) electrons. The smallest absolute Gasteiger partial charge is 0.453 e. The summed E-state index contributed by atoms with van der Waals surface area (Å²) in [5.74, 6) is -6.63. The summed E-state index contributed by atoms with van der Waals surface area (Å²) in [6.07, 6.45) is -8.30. The van der Waals surface area contributed by atoms with Gasteiger partial charge in [0, 0.05) is 24.1 Å². The van der Waals surface area contributed by atoms with Crippen molar-refractivity contribution in [2.24, 2.45) is 0 Å². The van der Waals surface area contributed by atoms with Crippen LogP contribution >= 0.6 is 0 Å². The second-order valence-electron chi connectivity index (χ2n) is 6.62. The van der Waals surface area contributed by atoms with Crippen LogP contribution in [0.5, 0.6) is 0 Å². The molecule has 0 unspecified atom stereocenters. The van der Waals surface area contributed by atoms with Crippen LogP contribution in [0.2, 0.25) is 0 Å². The normalized spacial score (nSPS) is 12.6. The number of nitrogens with one attached hydrogen (secondary N) is 1. The van der Waals surface area contributed by atoms with E-state index in [0.29, 0.717) is 6.54 Å². The highest BCUT2D eigenvalue weighted by Gasteiger charge is 2.56. The molecule has 0 saturated carbocycles. The van der Waals surface area contributed by atoms with Gasteiger partial charge < -0.3 is 14.8 Å². The number of ether oxygens (including phenoxy) is 2. The van der Waals surface area contributed by atoms with E-state index in [1.54, 1.807) is 0 Å². The Kier molecular flexibility index (Phi) is 9.19. The molecule has 0 bridgehead atoms. The number of carbonyl (C=O) groups excluding carboxylic acids is 2. The summed E-state index contributed by atoms with van der Waals surface area (Å²) in [6.45, 7) is 8.93. The molecule has 0 atom stereocenters. The van der Waals surface area contributed by atoms with Crippen LogP contribution in [0.4, 0.5) is 22.0 Å². The average molecular weight is 389 g/mol. The molecule has 10 heteroatoms. The molecule has 0 aliphatic carbocycles. The number of halogens is 5. The highest BCUT2D eigenvalue weighted by molar-refractivity contribution is 5.93. The summed E-state index contributed by atoms with van der Waals surface area (Å²) in [6, 6.07) is 0. The molecule has 5 nitrogen and oxygen atoms in total. The average Bonchev–Trinajstić information content (AvgIpc) is 2.45. The van der Waals surface area contributed by atoms with Crippen molar-refractivity contribution in [3.63, 3.8) is 0 Å². The number of alkyl halides is 5. The zero-order chi connectivity index (χ0) is 20.6. The topological polar surface area (TPSA) is 64.6 Å². The van der Waals surface area contributed by atoms with Crippen LogP contribution in [0.25, 0.3) is 0 Å². The highest BCUT2D eigenvalue weighted by atomic mass is 19.4. The minimum absolute atomic E-state index is 0.0744. The maximum atomic E-state index is 12.7. The van der Waals surface area contributed by atoms with E-state index in [1.807, 2.05) is 20.8 Å². The van der Waals surface area contributed by atoms with Crippen molar-refractivity contribution in [2.75, 3.05) is 19.8 Å². The molecule has 0 rings (SSSR count). The lowest BCUT2D eigenvalue weighted by Gasteiger charge is -2.20. The Labute approximate surface area is 148 Å². The Morgan fingerprint density at radius 2 is 1.58 bits per heavy atom. The lowest BCUT2D eigenvalue weighted by Crippen LogP contribution is -2.38. The molecular weight excluding hydrogens is 365 g/mol. The Hall–Kier alpha value is -1.71. The fourth-order valence-electron chi connectivity index (χ4n) is 1.59. The van der Waals surface area contributed by atoms with E-state index in [0.717, 1.165) is 0 Å². The SMILES string of the molecule is C=C(CC(=O)OCCNC(C)(C)C)C(=O)OCCCC(F)(F)C(F)(F)F. The van der Waals surface area contributed by atoms with Gasteiger partial charge in [-0.1, -0.05) is 6.58 Å². The van der Waals surface area contributed by atoms with Gasteiger partial charge in [0.15, 0.2) is 0 Å². The van der Waals surface area contributed by atoms with Crippen molar-refractivity contribution in [3.05, 3.63) is 12.2 Å². The van der Waals surface area contributed by atoms with Crippen molar-refractivity contribution >= 4 is 11.9 Å². The Balaban J connectivity index is 4.03. The molecule has 0 aromatic rings. The largest absolute Gasteiger partial charge is 0.464 e. The number of esters is 2. The molecule has 0 fully saturated rings. The lowest BCUT2D eigenvalue weighted by molar-refractivity contribution is -0.284. The van der Waals surface area contributed by atoms with Gasteiger partial charge in [-0.25, -0.2) is 4.79 Å². The van der Waals surface area contributed by atoms with Crippen LogP contribution in [0.15, 0.2) is 12.2 Å². The molecule has 0 spiro atoms. The van der Waals surface area contributed by atoms with Gasteiger partial charge in [0.1, 0.15) is 6.61 Å². The number of hydrogen-bond donors (Lipinski definition) is 1. The van der Waals surface area contributed by atoms with E-state index in [1.165, 1.54) is 0 Å². The minimum atomic E-state index is -5.65. The molecule has 0 aromatic carbocycles. The van der Waals surface area contributed by atoms with E-state index in [2.05, 4.69) is 16.6 Å². The second-order valence-corrected chi connectivity index (χ2v) is 6.62. The van der Waals surface area contributed by atoms with Crippen molar-refractivity contribution < 1.29 is 41.0 Å². The molecule has 152 valence electrons. The summed E-state index contributed by atoms with van der Waals surface area (Å²) < 4.78 is 70.6. The summed E-state index contributed by atoms with van der Waals surface area (Å²) >= 11 is 0. The number of carbonyl (C=O) groups is 2. The van der Waals surface area contributed by atoms with Crippen LogP contribution < -0.4 is 5.32 Å². The van der Waals surface area contributed by atoms with Crippen molar-refractivity contribution in [1.29, 1.82) is 0 Å². The van der Waals surface area contributed by atoms with Gasteiger partial charge in [-0.3, -0.25) is 4.79 Å². The Morgan fingerprint density at radius 1 is 1.00 bits per heavy atom. The molecule has 0 aliphatic heterocycles. The van der Waals surface area contributed by atoms with Gasteiger partial charge in [-0.2, -0.15) is 22.0 Å². The van der Waals surface area contributed by atoms with Crippen LogP contribution in [0.3, 0.4) is 0 Å². The lowest BCUT2D eigenvalue weighted by atomic mass is 10.1. The van der Waals surface area contributed by atoms with Crippen LogP contribution in [-0.2, 0) is 19.1 Å². The van der Waals surface area contributed by atoms with Crippen LogP contribution in [-0.4, -0.2) is 49.3 Å². The van der Waals surface area contributed by atoms with E-state index >= 15 is 0 Å². The molecule has 1 N–H and O–H groups in total. The molecule has 0 saturated heterocycles. The van der Waals surface area contributed by atoms with Crippen molar-refractivity contribution in [2.45, 2.75) is 57.7 Å². The first-order valence-corrected chi connectivity index (χ1v) is 7.86. The fraction of sp³-hybridized carbons (Fsp3) is 0.750. The number of hydrogen-bond acceptors (Lipinski definition) is 5. The van der Waals surface area contributed by atoms with E-state index in [-0.39, 0.29) is 17.7 Å². The summed E-state index contributed by atoms with van der Waals surface area (Å²) in [5, 5.41) is 3.08.